The predicted molar refractivity (Wildman–Crippen MR) is 175 cm³/mol. The van der Waals surface area contributed by atoms with Crippen molar-refractivity contribution in [3.05, 3.63) is 108 Å². The number of benzene rings is 2. The van der Waals surface area contributed by atoms with Crippen molar-refractivity contribution in [3.8, 4) is 16.9 Å². The van der Waals surface area contributed by atoms with Crippen LogP contribution in [-0.2, 0) is 15.8 Å². The predicted octanol–water partition coefficient (Wildman–Crippen LogP) is 7.07. The van der Waals surface area contributed by atoms with Gasteiger partial charge in [0.05, 0.1) is 23.3 Å². The molecule has 0 saturated carbocycles. The Labute approximate surface area is 278 Å². The number of hydrogen-bond donors (Lipinski definition) is 4. The number of pyridine rings is 1. The Hall–Kier alpha value is -6.12. The van der Waals surface area contributed by atoms with Crippen LogP contribution in [0.5, 0.6) is 0 Å². The molecule has 3 aromatic heterocycles. The highest BCUT2D eigenvalue weighted by molar-refractivity contribution is 6.05. The highest BCUT2D eigenvalue weighted by atomic mass is 19.4. The van der Waals surface area contributed by atoms with Gasteiger partial charge in [-0.3, -0.25) is 19.4 Å². The number of carboxylic acid groups (broad SMARTS) is 2. The minimum atomic E-state index is -4.60. The molecule has 0 atom stereocenters. The number of imidazole rings is 1. The molecule has 0 unspecified atom stereocenters. The summed E-state index contributed by atoms with van der Waals surface area (Å²) in [4.78, 5) is 49.9. The normalized spacial score (nSPS) is 10.9. The van der Waals surface area contributed by atoms with Crippen LogP contribution in [0.25, 0.3) is 16.9 Å². The van der Waals surface area contributed by atoms with Crippen LogP contribution in [0, 0.1) is 13.8 Å². The fourth-order valence-corrected chi connectivity index (χ4v) is 4.43. The van der Waals surface area contributed by atoms with Crippen molar-refractivity contribution in [3.63, 3.8) is 0 Å². The van der Waals surface area contributed by atoms with Crippen LogP contribution in [0.15, 0.2) is 85.7 Å². The molecule has 0 aliphatic rings. The van der Waals surface area contributed by atoms with Gasteiger partial charge in [-0.15, -0.1) is 0 Å². The Morgan fingerprint density at radius 3 is 2.24 bits per heavy atom. The third-order valence-corrected chi connectivity index (χ3v) is 6.90. The lowest BCUT2D eigenvalue weighted by Crippen LogP contribution is -2.14. The number of alkyl halides is 3. The van der Waals surface area contributed by atoms with Gasteiger partial charge in [-0.1, -0.05) is 6.07 Å². The molecule has 0 fully saturated rings. The van der Waals surface area contributed by atoms with Gasteiger partial charge in [0.15, 0.2) is 0 Å². The fraction of sp³-hybridized carbons (Fsp3) is 0.206. The number of rotatable bonds is 11. The Morgan fingerprint density at radius 2 is 1.63 bits per heavy atom. The number of aliphatic carboxylic acids is 2. The van der Waals surface area contributed by atoms with E-state index < -0.39 is 29.6 Å². The van der Waals surface area contributed by atoms with Crippen LogP contribution in [-0.4, -0.2) is 52.6 Å². The highest BCUT2D eigenvalue weighted by Crippen LogP contribution is 2.33. The number of carboxylic acids is 2. The second-order valence-corrected chi connectivity index (χ2v) is 10.8. The first kappa shape index (κ1) is 35.7. The number of nitrogens with zero attached hydrogens (tertiary/aromatic N) is 5. The maximum Gasteiger partial charge on any atom is 0.416 e. The molecule has 0 saturated heterocycles. The molecule has 0 spiro atoms. The third kappa shape index (κ3) is 10.7. The summed E-state index contributed by atoms with van der Waals surface area (Å²) in [6.07, 6.45) is 4.40. The minimum absolute atomic E-state index is 0.00114. The van der Waals surface area contributed by atoms with Crippen molar-refractivity contribution < 1.29 is 37.8 Å². The number of unbranched alkanes of at least 4 members (excludes halogenated alkanes) is 1. The van der Waals surface area contributed by atoms with Crippen molar-refractivity contribution in [2.45, 2.75) is 45.7 Å². The van der Waals surface area contributed by atoms with E-state index in [1.807, 2.05) is 13.0 Å². The third-order valence-electron chi connectivity index (χ3n) is 6.90. The van der Waals surface area contributed by atoms with E-state index in [0.29, 0.717) is 35.9 Å². The molecular weight excluding hydrogens is 643 g/mol. The van der Waals surface area contributed by atoms with Gasteiger partial charge in [0, 0.05) is 65.8 Å². The number of amides is 1. The molecular formula is C34H32F3N7O5. The number of carbonyl (C=O) groups is 3. The molecule has 12 nitrogen and oxygen atoms in total. The van der Waals surface area contributed by atoms with Gasteiger partial charge in [0.2, 0.25) is 5.95 Å². The van der Waals surface area contributed by atoms with E-state index in [1.165, 1.54) is 17.0 Å². The van der Waals surface area contributed by atoms with Gasteiger partial charge in [0.25, 0.3) is 5.91 Å². The van der Waals surface area contributed by atoms with Gasteiger partial charge in [-0.25, -0.2) is 15.0 Å². The van der Waals surface area contributed by atoms with E-state index in [9.17, 15) is 27.6 Å². The molecule has 2 aromatic carbocycles. The lowest BCUT2D eigenvalue weighted by molar-refractivity contribution is -0.139. The van der Waals surface area contributed by atoms with E-state index >= 15 is 0 Å². The van der Waals surface area contributed by atoms with E-state index in [2.05, 4.69) is 30.6 Å². The first-order valence-corrected chi connectivity index (χ1v) is 14.9. The standard InChI is InChI=1S/C28H22F3N7O.C6H10O4/c1-17-5-6-19(10-25(17)37-27-33-9-7-24(36-27)20-4-3-8-32-14-20)26(39)35-22-11-21(28(29,30)31)12-23(13-22)38-15-18(2)34-16-38;7-5(8)3-1-2-4-6(9)10/h3-16H,1-2H3,(H,35,39)(H,33,36,37);1-4H2,(H,7,8)(H,9,10). The Kier molecular flexibility index (Phi) is 11.8. The first-order chi connectivity index (χ1) is 23.3. The van der Waals surface area contributed by atoms with Crippen molar-refractivity contribution in [2.75, 3.05) is 10.6 Å². The summed E-state index contributed by atoms with van der Waals surface area (Å²) in [5.74, 6) is -2.00. The number of aryl methyl sites for hydroxylation is 2. The summed E-state index contributed by atoms with van der Waals surface area (Å²) < 4.78 is 42.3. The highest BCUT2D eigenvalue weighted by Gasteiger charge is 2.31. The quantitative estimate of drug-likeness (QED) is 0.106. The molecule has 49 heavy (non-hydrogen) atoms. The van der Waals surface area contributed by atoms with Gasteiger partial charge in [-0.2, -0.15) is 13.2 Å². The van der Waals surface area contributed by atoms with Crippen molar-refractivity contribution in [1.82, 2.24) is 24.5 Å². The van der Waals surface area contributed by atoms with Crippen LogP contribution in [0.3, 0.4) is 0 Å². The molecule has 15 heteroatoms. The smallest absolute Gasteiger partial charge is 0.416 e. The van der Waals surface area contributed by atoms with Crippen LogP contribution in [0.2, 0.25) is 0 Å². The molecule has 0 bridgehead atoms. The van der Waals surface area contributed by atoms with Crippen LogP contribution in [0.1, 0.15) is 52.9 Å². The number of nitrogens with one attached hydrogen (secondary N) is 2. The summed E-state index contributed by atoms with van der Waals surface area (Å²) in [6.45, 7) is 3.58. The molecule has 254 valence electrons. The molecule has 0 aliphatic heterocycles. The van der Waals surface area contributed by atoms with Gasteiger partial charge in [-0.05, 0) is 80.8 Å². The molecule has 3 heterocycles. The second kappa shape index (κ2) is 16.1. The maximum absolute atomic E-state index is 13.6. The van der Waals surface area contributed by atoms with Crippen LogP contribution >= 0.6 is 0 Å². The van der Waals surface area contributed by atoms with E-state index in [4.69, 9.17) is 10.2 Å². The number of carbonyl (C=O) groups excluding carboxylic acids is 1. The summed E-state index contributed by atoms with van der Waals surface area (Å²) in [5.41, 5.74) is 3.09. The second-order valence-electron chi connectivity index (χ2n) is 10.8. The van der Waals surface area contributed by atoms with Gasteiger partial charge in [0.1, 0.15) is 0 Å². The lowest BCUT2D eigenvalue weighted by Gasteiger charge is -2.14. The Morgan fingerprint density at radius 1 is 0.898 bits per heavy atom. The fourth-order valence-electron chi connectivity index (χ4n) is 4.43. The molecule has 5 rings (SSSR count). The molecule has 1 amide bonds. The van der Waals surface area contributed by atoms with Crippen LogP contribution in [0.4, 0.5) is 30.5 Å². The SMILES string of the molecule is Cc1cn(-c2cc(NC(=O)c3ccc(C)c(Nc4nccc(-c5cccnc5)n4)c3)cc(C(F)(F)F)c2)cn1.O=C(O)CCCCC(=O)O. The summed E-state index contributed by atoms with van der Waals surface area (Å²) in [5, 5.41) is 22.0. The maximum atomic E-state index is 13.6. The van der Waals surface area contributed by atoms with Crippen molar-refractivity contribution in [1.29, 1.82) is 0 Å². The minimum Gasteiger partial charge on any atom is -0.481 e. The zero-order valence-corrected chi connectivity index (χ0v) is 26.4. The van der Waals surface area contributed by atoms with E-state index in [0.717, 1.165) is 23.3 Å². The van der Waals surface area contributed by atoms with Gasteiger partial charge < -0.3 is 25.4 Å². The Balaban J connectivity index is 0.000000471. The Bertz CT molecular complexity index is 1920. The zero-order valence-electron chi connectivity index (χ0n) is 26.4. The summed E-state index contributed by atoms with van der Waals surface area (Å²) >= 11 is 0. The van der Waals surface area contributed by atoms with Crippen LogP contribution < -0.4 is 10.6 Å². The summed E-state index contributed by atoms with van der Waals surface area (Å²) in [7, 11) is 0. The molecule has 4 N–H and O–H groups in total. The average Bonchev–Trinajstić information content (AvgIpc) is 3.50. The average molecular weight is 676 g/mol. The first-order valence-electron chi connectivity index (χ1n) is 14.9. The van der Waals surface area contributed by atoms with Crippen molar-refractivity contribution in [2.24, 2.45) is 0 Å². The molecule has 0 aliphatic carbocycles. The zero-order chi connectivity index (χ0) is 35.6. The number of halogens is 3. The number of hydrogen-bond acceptors (Lipinski definition) is 8. The van der Waals surface area contributed by atoms with Gasteiger partial charge >= 0.3 is 18.1 Å². The largest absolute Gasteiger partial charge is 0.481 e. The topological polar surface area (TPSA) is 172 Å². The summed E-state index contributed by atoms with van der Waals surface area (Å²) in [6, 6.07) is 13.7. The van der Waals surface area contributed by atoms with Crippen molar-refractivity contribution >= 4 is 35.2 Å². The monoisotopic (exact) mass is 675 g/mol. The molecule has 0 radical (unpaired) electrons. The lowest BCUT2D eigenvalue weighted by atomic mass is 10.1. The van der Waals surface area contributed by atoms with E-state index in [1.54, 1.807) is 62.0 Å². The number of anilines is 3. The number of aromatic nitrogens is 5. The van der Waals surface area contributed by atoms with E-state index in [-0.39, 0.29) is 29.8 Å². The molecule has 5 aromatic rings.